The fraction of sp³-hybridized carbons (Fsp3) is 0.0588. The Bertz CT molecular complexity index is 909. The molecule has 0 atom stereocenters. The normalized spacial score (nSPS) is 10.6. The van der Waals surface area contributed by atoms with Crippen LogP contribution in [0.4, 0.5) is 0 Å². The maximum Gasteiger partial charge on any atom is 0.308 e. The number of phenols is 1. The summed E-state index contributed by atoms with van der Waals surface area (Å²) in [5.41, 5.74) is 0.693. The number of carbonyl (C=O) groups excluding carboxylic acids is 1. The molecule has 1 aromatic heterocycles. The third kappa shape index (κ3) is 2.56. The van der Waals surface area contributed by atoms with E-state index in [4.69, 9.17) is 9.15 Å². The minimum atomic E-state index is -0.583. The van der Waals surface area contributed by atoms with Crippen molar-refractivity contribution in [2.24, 2.45) is 0 Å². The fourth-order valence-corrected chi connectivity index (χ4v) is 2.15. The summed E-state index contributed by atoms with van der Waals surface area (Å²) in [6, 6.07) is 13.1. The van der Waals surface area contributed by atoms with E-state index in [9.17, 15) is 14.7 Å². The zero-order valence-corrected chi connectivity index (χ0v) is 11.7. The first-order valence-corrected chi connectivity index (χ1v) is 6.59. The van der Waals surface area contributed by atoms with E-state index in [1.807, 2.05) is 30.3 Å². The van der Waals surface area contributed by atoms with Crippen LogP contribution in [0.15, 0.2) is 57.7 Å². The van der Waals surface area contributed by atoms with Gasteiger partial charge in [0.15, 0.2) is 16.9 Å². The summed E-state index contributed by atoms with van der Waals surface area (Å²) < 4.78 is 10.5. The molecule has 3 rings (SSSR count). The van der Waals surface area contributed by atoms with Gasteiger partial charge < -0.3 is 14.3 Å². The number of rotatable bonds is 2. The maximum atomic E-state index is 12.2. The average Bonchev–Trinajstić information content (AvgIpc) is 2.49. The summed E-state index contributed by atoms with van der Waals surface area (Å²) in [7, 11) is 0. The van der Waals surface area contributed by atoms with Gasteiger partial charge in [0.25, 0.3) is 0 Å². The Hall–Kier alpha value is -3.08. The Morgan fingerprint density at radius 2 is 1.86 bits per heavy atom. The van der Waals surface area contributed by atoms with E-state index in [0.29, 0.717) is 5.76 Å². The highest BCUT2D eigenvalue weighted by Gasteiger charge is 2.13. The van der Waals surface area contributed by atoms with Gasteiger partial charge >= 0.3 is 5.97 Å². The van der Waals surface area contributed by atoms with Crippen molar-refractivity contribution in [3.63, 3.8) is 0 Å². The molecule has 0 amide bonds. The molecule has 0 bridgehead atoms. The van der Waals surface area contributed by atoms with E-state index in [2.05, 4.69) is 0 Å². The number of hydrogen-bond donors (Lipinski definition) is 1. The van der Waals surface area contributed by atoms with Gasteiger partial charge in [0.1, 0.15) is 11.3 Å². The van der Waals surface area contributed by atoms with Crippen molar-refractivity contribution >= 4 is 16.9 Å². The molecule has 0 unspecified atom stereocenters. The first-order chi connectivity index (χ1) is 10.5. The summed E-state index contributed by atoms with van der Waals surface area (Å²) in [6.07, 6.45) is 0. The molecule has 0 spiro atoms. The third-order valence-electron chi connectivity index (χ3n) is 3.12. The molecule has 0 radical (unpaired) electrons. The monoisotopic (exact) mass is 296 g/mol. The van der Waals surface area contributed by atoms with Crippen LogP contribution in [-0.2, 0) is 4.79 Å². The summed E-state index contributed by atoms with van der Waals surface area (Å²) in [5.74, 6) is -0.520. The molecule has 5 heteroatoms. The molecule has 0 aliphatic rings. The lowest BCUT2D eigenvalue weighted by Crippen LogP contribution is -2.04. The maximum absolute atomic E-state index is 12.2. The van der Waals surface area contributed by atoms with Crippen LogP contribution in [0.25, 0.3) is 22.3 Å². The fourth-order valence-electron chi connectivity index (χ4n) is 2.15. The zero-order valence-electron chi connectivity index (χ0n) is 11.7. The Labute approximate surface area is 125 Å². The van der Waals surface area contributed by atoms with Gasteiger partial charge in [-0.05, 0) is 6.07 Å². The lowest BCUT2D eigenvalue weighted by molar-refractivity contribution is -0.132. The van der Waals surface area contributed by atoms with Gasteiger partial charge in [0, 0.05) is 24.6 Å². The third-order valence-corrected chi connectivity index (χ3v) is 3.12. The number of ether oxygens (including phenoxy) is 1. The van der Waals surface area contributed by atoms with Crippen molar-refractivity contribution < 1.29 is 19.1 Å². The Morgan fingerprint density at radius 3 is 2.55 bits per heavy atom. The predicted octanol–water partition coefficient (Wildman–Crippen LogP) is 3.09. The van der Waals surface area contributed by atoms with Crippen LogP contribution in [-0.4, -0.2) is 11.1 Å². The lowest BCUT2D eigenvalue weighted by atomic mass is 10.1. The average molecular weight is 296 g/mol. The van der Waals surface area contributed by atoms with Crippen LogP contribution in [0.3, 0.4) is 0 Å². The van der Waals surface area contributed by atoms with Crippen molar-refractivity contribution in [1.29, 1.82) is 0 Å². The molecule has 1 N–H and O–H groups in total. The summed E-state index contributed by atoms with van der Waals surface area (Å²) in [6.45, 7) is 1.21. The Balaban J connectivity index is 2.20. The van der Waals surface area contributed by atoms with Gasteiger partial charge in [-0.1, -0.05) is 30.3 Å². The first-order valence-electron chi connectivity index (χ1n) is 6.59. The molecule has 5 nitrogen and oxygen atoms in total. The first kappa shape index (κ1) is 13.9. The van der Waals surface area contributed by atoms with Crippen LogP contribution in [0.2, 0.25) is 0 Å². The number of benzene rings is 2. The standard InChI is InChI=1S/C17H12O5/c1-10(18)21-17-7-12-13(19)8-15(11-5-3-2-4-6-11)22-16(12)9-14(17)20/h2-9,20H,1H3. The van der Waals surface area contributed by atoms with Crippen molar-refractivity contribution in [1.82, 2.24) is 0 Å². The molecule has 1 heterocycles. The molecule has 0 saturated heterocycles. The van der Waals surface area contributed by atoms with E-state index in [1.54, 1.807) is 0 Å². The second-order valence-corrected chi connectivity index (χ2v) is 4.75. The minimum Gasteiger partial charge on any atom is -0.504 e. The van der Waals surface area contributed by atoms with E-state index >= 15 is 0 Å². The SMILES string of the molecule is CC(=O)Oc1cc2c(=O)cc(-c3ccccc3)oc2cc1O. The molecule has 22 heavy (non-hydrogen) atoms. The minimum absolute atomic E-state index is 0.0697. The summed E-state index contributed by atoms with van der Waals surface area (Å²) in [5, 5.41) is 10.1. The van der Waals surface area contributed by atoms with Gasteiger partial charge in [-0.15, -0.1) is 0 Å². The molecule has 0 fully saturated rings. The quantitative estimate of drug-likeness (QED) is 0.581. The van der Waals surface area contributed by atoms with Crippen molar-refractivity contribution in [3.05, 3.63) is 58.8 Å². The number of esters is 1. The highest BCUT2D eigenvalue weighted by Crippen LogP contribution is 2.32. The van der Waals surface area contributed by atoms with Gasteiger partial charge in [0.2, 0.25) is 0 Å². The van der Waals surface area contributed by atoms with Crippen LogP contribution in [0.5, 0.6) is 11.5 Å². The number of fused-ring (bicyclic) bond motifs is 1. The number of hydrogen-bond acceptors (Lipinski definition) is 5. The van der Waals surface area contributed by atoms with E-state index in [0.717, 1.165) is 5.56 Å². The van der Waals surface area contributed by atoms with Crippen LogP contribution in [0.1, 0.15) is 6.92 Å². The largest absolute Gasteiger partial charge is 0.504 e. The molecule has 110 valence electrons. The molecular formula is C17H12O5. The van der Waals surface area contributed by atoms with Gasteiger partial charge in [-0.2, -0.15) is 0 Å². The van der Waals surface area contributed by atoms with Crippen molar-refractivity contribution in [2.75, 3.05) is 0 Å². The number of aromatic hydroxyl groups is 1. The van der Waals surface area contributed by atoms with Crippen molar-refractivity contribution in [3.8, 4) is 22.8 Å². The lowest BCUT2D eigenvalue weighted by Gasteiger charge is -2.07. The molecule has 2 aromatic carbocycles. The van der Waals surface area contributed by atoms with Crippen LogP contribution in [0, 0.1) is 0 Å². The highest BCUT2D eigenvalue weighted by atomic mass is 16.5. The van der Waals surface area contributed by atoms with Gasteiger partial charge in [0.05, 0.1) is 5.39 Å². The van der Waals surface area contributed by atoms with E-state index in [-0.39, 0.29) is 27.9 Å². The second kappa shape index (κ2) is 5.37. The van der Waals surface area contributed by atoms with Crippen LogP contribution >= 0.6 is 0 Å². The van der Waals surface area contributed by atoms with Gasteiger partial charge in [-0.3, -0.25) is 9.59 Å². The number of phenolic OH excluding ortho intramolecular Hbond substituents is 1. The van der Waals surface area contributed by atoms with E-state index < -0.39 is 5.97 Å². The summed E-state index contributed by atoms with van der Waals surface area (Å²) in [4.78, 5) is 23.2. The predicted molar refractivity (Wildman–Crippen MR) is 80.9 cm³/mol. The Morgan fingerprint density at radius 1 is 1.14 bits per heavy atom. The van der Waals surface area contributed by atoms with Crippen molar-refractivity contribution in [2.45, 2.75) is 6.92 Å². The Kier molecular flexibility index (Phi) is 3.39. The van der Waals surface area contributed by atoms with Gasteiger partial charge in [-0.25, -0.2) is 0 Å². The molecular weight excluding hydrogens is 284 g/mol. The molecule has 0 aliphatic carbocycles. The zero-order chi connectivity index (χ0) is 15.7. The molecule has 0 saturated carbocycles. The topological polar surface area (TPSA) is 76.7 Å². The molecule has 3 aromatic rings. The summed E-state index contributed by atoms with van der Waals surface area (Å²) >= 11 is 0. The smallest absolute Gasteiger partial charge is 0.308 e. The number of carbonyl (C=O) groups is 1. The molecule has 0 aliphatic heterocycles. The van der Waals surface area contributed by atoms with E-state index in [1.165, 1.54) is 25.1 Å². The second-order valence-electron chi connectivity index (χ2n) is 4.75. The van der Waals surface area contributed by atoms with Crippen LogP contribution < -0.4 is 10.2 Å². The highest BCUT2D eigenvalue weighted by molar-refractivity contribution is 5.83.